The van der Waals surface area contributed by atoms with Crippen molar-refractivity contribution in [1.29, 1.82) is 0 Å². The van der Waals surface area contributed by atoms with E-state index in [-0.39, 0.29) is 11.9 Å². The maximum Gasteiger partial charge on any atom is 0.328 e. The summed E-state index contributed by atoms with van der Waals surface area (Å²) in [4.78, 5) is 38.2. The number of benzene rings is 1. The fourth-order valence-corrected chi connectivity index (χ4v) is 4.50. The SMILES string of the molecule is CCCCCCN1C(=O)C2C(N=C3N(c4ccc(CC)cc4)CCN32)N(C)C1=O. The second-order valence-electron chi connectivity index (χ2n) is 8.10. The van der Waals surface area contributed by atoms with Crippen molar-refractivity contribution in [3.05, 3.63) is 29.8 Å². The predicted molar refractivity (Wildman–Crippen MR) is 114 cm³/mol. The molecule has 1 aromatic rings. The van der Waals surface area contributed by atoms with Crippen molar-refractivity contribution in [3.8, 4) is 0 Å². The molecule has 3 amide bonds. The van der Waals surface area contributed by atoms with Gasteiger partial charge in [0.1, 0.15) is 0 Å². The van der Waals surface area contributed by atoms with E-state index in [0.29, 0.717) is 6.54 Å². The normalized spacial score (nSPS) is 23.6. The quantitative estimate of drug-likeness (QED) is 0.664. The van der Waals surface area contributed by atoms with Gasteiger partial charge >= 0.3 is 6.03 Å². The third-order valence-corrected chi connectivity index (χ3v) is 6.27. The van der Waals surface area contributed by atoms with Crippen LogP contribution in [-0.2, 0) is 11.2 Å². The van der Waals surface area contributed by atoms with E-state index in [2.05, 4.69) is 47.9 Å². The molecule has 2 atom stereocenters. The minimum atomic E-state index is -0.436. The Bertz CT molecular complexity index is 806. The van der Waals surface area contributed by atoms with Gasteiger partial charge in [-0.2, -0.15) is 0 Å². The van der Waals surface area contributed by atoms with Crippen molar-refractivity contribution in [1.82, 2.24) is 14.7 Å². The summed E-state index contributed by atoms with van der Waals surface area (Å²) in [6.45, 7) is 6.34. The molecule has 0 bridgehead atoms. The number of fused-ring (bicyclic) bond motifs is 3. The van der Waals surface area contributed by atoms with E-state index in [4.69, 9.17) is 4.99 Å². The molecule has 3 heterocycles. The number of guanidine groups is 1. The molecule has 156 valence electrons. The summed E-state index contributed by atoms with van der Waals surface area (Å²) in [6.07, 6.45) is 4.73. The Balaban J connectivity index is 1.53. The second-order valence-corrected chi connectivity index (χ2v) is 8.10. The molecule has 0 radical (unpaired) electrons. The van der Waals surface area contributed by atoms with Crippen LogP contribution in [0, 0.1) is 0 Å². The van der Waals surface area contributed by atoms with E-state index in [1.165, 1.54) is 10.5 Å². The van der Waals surface area contributed by atoms with Crippen LogP contribution in [0.25, 0.3) is 0 Å². The zero-order chi connectivity index (χ0) is 20.5. The topological polar surface area (TPSA) is 59.5 Å². The van der Waals surface area contributed by atoms with E-state index in [0.717, 1.165) is 56.8 Å². The van der Waals surface area contributed by atoms with Gasteiger partial charge in [-0.05, 0) is 30.5 Å². The van der Waals surface area contributed by atoms with Gasteiger partial charge in [-0.3, -0.25) is 9.69 Å². The molecular formula is C22H31N5O2. The third-order valence-electron chi connectivity index (χ3n) is 6.27. The van der Waals surface area contributed by atoms with E-state index >= 15 is 0 Å². The lowest BCUT2D eigenvalue weighted by Crippen LogP contribution is -2.64. The maximum absolute atomic E-state index is 13.2. The summed E-state index contributed by atoms with van der Waals surface area (Å²) < 4.78 is 0. The monoisotopic (exact) mass is 397 g/mol. The number of likely N-dealkylation sites (N-methyl/N-ethyl adjacent to an activating group) is 1. The second kappa shape index (κ2) is 8.05. The van der Waals surface area contributed by atoms with Crippen LogP contribution < -0.4 is 4.90 Å². The van der Waals surface area contributed by atoms with Crippen LogP contribution >= 0.6 is 0 Å². The number of anilines is 1. The van der Waals surface area contributed by atoms with Gasteiger partial charge in [-0.1, -0.05) is 45.2 Å². The first-order valence-electron chi connectivity index (χ1n) is 10.9. The molecule has 2 fully saturated rings. The highest BCUT2D eigenvalue weighted by atomic mass is 16.2. The molecule has 7 nitrogen and oxygen atoms in total. The van der Waals surface area contributed by atoms with Gasteiger partial charge in [0.15, 0.2) is 12.2 Å². The van der Waals surface area contributed by atoms with Crippen molar-refractivity contribution in [2.75, 3.05) is 31.6 Å². The highest BCUT2D eigenvalue weighted by Crippen LogP contribution is 2.33. The summed E-state index contributed by atoms with van der Waals surface area (Å²) in [6, 6.07) is 7.88. The molecule has 0 N–H and O–H groups in total. The standard InChI is InChI=1S/C22H31N5O2/c1-4-6-7-8-13-27-20(28)18-19(24(3)22(27)29)23-21-25(14-15-26(18)21)17-11-9-16(5-2)10-12-17/h9-12,18-19H,4-8,13-15H2,1-3H3. The number of nitrogens with zero attached hydrogens (tertiary/aromatic N) is 5. The van der Waals surface area contributed by atoms with Crippen molar-refractivity contribution < 1.29 is 9.59 Å². The molecule has 3 aliphatic rings. The number of rotatable bonds is 7. The Morgan fingerprint density at radius 3 is 2.48 bits per heavy atom. The summed E-state index contributed by atoms with van der Waals surface area (Å²) >= 11 is 0. The van der Waals surface area contributed by atoms with Gasteiger partial charge in [0, 0.05) is 32.4 Å². The summed E-state index contributed by atoms with van der Waals surface area (Å²) in [5, 5.41) is 0. The van der Waals surface area contributed by atoms with Crippen LogP contribution in [0.4, 0.5) is 10.5 Å². The predicted octanol–water partition coefficient (Wildman–Crippen LogP) is 2.91. The number of aryl methyl sites for hydroxylation is 1. The van der Waals surface area contributed by atoms with Gasteiger partial charge < -0.3 is 14.7 Å². The molecule has 29 heavy (non-hydrogen) atoms. The highest BCUT2D eigenvalue weighted by Gasteiger charge is 2.54. The number of hydrogen-bond acceptors (Lipinski definition) is 5. The summed E-state index contributed by atoms with van der Waals surface area (Å²) in [7, 11) is 1.76. The lowest BCUT2D eigenvalue weighted by molar-refractivity contribution is -0.137. The Morgan fingerprint density at radius 2 is 1.79 bits per heavy atom. The number of amides is 3. The Hall–Kier alpha value is -2.57. The molecule has 4 rings (SSSR count). The first-order valence-corrected chi connectivity index (χ1v) is 10.9. The fraction of sp³-hybridized carbons (Fsp3) is 0.591. The first kappa shape index (κ1) is 19.7. The highest BCUT2D eigenvalue weighted by molar-refractivity contribution is 6.07. The van der Waals surface area contributed by atoms with Crippen LogP contribution in [0.2, 0.25) is 0 Å². The van der Waals surface area contributed by atoms with Gasteiger partial charge in [-0.15, -0.1) is 0 Å². The van der Waals surface area contributed by atoms with Crippen LogP contribution in [0.15, 0.2) is 29.3 Å². The van der Waals surface area contributed by atoms with E-state index in [9.17, 15) is 9.59 Å². The van der Waals surface area contributed by atoms with Crippen LogP contribution in [-0.4, -0.2) is 71.5 Å². The zero-order valence-corrected chi connectivity index (χ0v) is 17.7. The van der Waals surface area contributed by atoms with Crippen molar-refractivity contribution in [2.24, 2.45) is 4.99 Å². The smallest absolute Gasteiger partial charge is 0.325 e. The Kier molecular flexibility index (Phi) is 5.48. The molecule has 7 heteroatoms. The van der Waals surface area contributed by atoms with E-state index in [1.807, 2.05) is 0 Å². The molecule has 2 saturated heterocycles. The number of aliphatic imine (C=N–C) groups is 1. The molecular weight excluding hydrogens is 366 g/mol. The zero-order valence-electron chi connectivity index (χ0n) is 17.7. The summed E-state index contributed by atoms with van der Waals surface area (Å²) in [5.41, 5.74) is 2.38. The molecule has 2 unspecified atom stereocenters. The number of carbonyl (C=O) groups is 2. The molecule has 0 spiro atoms. The summed E-state index contributed by atoms with van der Waals surface area (Å²) in [5.74, 6) is 0.710. The first-order chi connectivity index (χ1) is 14.1. The minimum Gasteiger partial charge on any atom is -0.325 e. The molecule has 3 aliphatic heterocycles. The van der Waals surface area contributed by atoms with Crippen LogP contribution in [0.3, 0.4) is 0 Å². The fourth-order valence-electron chi connectivity index (χ4n) is 4.50. The van der Waals surface area contributed by atoms with Gasteiger partial charge in [0.05, 0.1) is 0 Å². The lowest BCUT2D eigenvalue weighted by atomic mass is 10.1. The Morgan fingerprint density at radius 1 is 1.03 bits per heavy atom. The minimum absolute atomic E-state index is 0.100. The maximum atomic E-state index is 13.2. The average molecular weight is 398 g/mol. The number of carbonyl (C=O) groups excluding carboxylic acids is 2. The lowest BCUT2D eigenvalue weighted by Gasteiger charge is -2.40. The Labute approximate surface area is 173 Å². The average Bonchev–Trinajstić information content (AvgIpc) is 3.31. The van der Waals surface area contributed by atoms with Gasteiger partial charge in [0.2, 0.25) is 5.96 Å². The third kappa shape index (κ3) is 3.36. The molecule has 0 aliphatic carbocycles. The van der Waals surface area contributed by atoms with Crippen molar-refractivity contribution in [2.45, 2.75) is 58.2 Å². The molecule has 0 saturated carbocycles. The van der Waals surface area contributed by atoms with E-state index < -0.39 is 12.2 Å². The van der Waals surface area contributed by atoms with Crippen molar-refractivity contribution >= 4 is 23.6 Å². The number of unbranched alkanes of at least 4 members (excludes halogenated alkanes) is 3. The van der Waals surface area contributed by atoms with Gasteiger partial charge in [-0.25, -0.2) is 9.79 Å². The largest absolute Gasteiger partial charge is 0.328 e. The molecule has 0 aromatic heterocycles. The number of hydrogen-bond donors (Lipinski definition) is 0. The molecule has 1 aromatic carbocycles. The van der Waals surface area contributed by atoms with Gasteiger partial charge in [0.25, 0.3) is 5.91 Å². The van der Waals surface area contributed by atoms with Crippen LogP contribution in [0.5, 0.6) is 0 Å². The van der Waals surface area contributed by atoms with E-state index in [1.54, 1.807) is 11.9 Å². The number of imide groups is 1. The van der Waals surface area contributed by atoms with Crippen molar-refractivity contribution in [3.63, 3.8) is 0 Å². The van der Waals surface area contributed by atoms with Crippen LogP contribution in [0.1, 0.15) is 45.1 Å². The number of urea groups is 1.